The molecule has 4 aromatic rings. The van der Waals surface area contributed by atoms with Crippen molar-refractivity contribution in [1.82, 2.24) is 35.0 Å². The fraction of sp³-hybridized carbons (Fsp3) is 0.0588. The van der Waals surface area contributed by atoms with Crippen LogP contribution in [0.3, 0.4) is 0 Å². The summed E-state index contributed by atoms with van der Waals surface area (Å²) in [7, 11) is 0. The highest BCUT2D eigenvalue weighted by atomic mass is 19.1. The third-order valence-corrected chi connectivity index (χ3v) is 3.76. The van der Waals surface area contributed by atoms with Gasteiger partial charge < -0.3 is 5.32 Å². The van der Waals surface area contributed by atoms with Gasteiger partial charge >= 0.3 is 0 Å². The molecule has 0 saturated heterocycles. The zero-order chi connectivity index (χ0) is 18.8. The lowest BCUT2D eigenvalue weighted by molar-refractivity contribution is 0.101. The minimum Gasteiger partial charge on any atom is -0.319 e. The summed E-state index contributed by atoms with van der Waals surface area (Å²) in [5, 5.41) is 17.9. The van der Waals surface area contributed by atoms with Crippen molar-refractivity contribution in [3.05, 3.63) is 72.3 Å². The molecule has 1 N–H and O–H groups in total. The van der Waals surface area contributed by atoms with Gasteiger partial charge in [-0.15, -0.1) is 10.2 Å². The molecule has 0 fully saturated rings. The summed E-state index contributed by atoms with van der Waals surface area (Å²) in [5.41, 5.74) is 1.85. The largest absolute Gasteiger partial charge is 0.319 e. The molecule has 1 amide bonds. The summed E-state index contributed by atoms with van der Waals surface area (Å²) in [4.78, 5) is 16.7. The number of halogens is 1. The molecule has 2 aromatic carbocycles. The third kappa shape index (κ3) is 3.40. The van der Waals surface area contributed by atoms with Gasteiger partial charge in [0.1, 0.15) is 18.0 Å². The molecule has 134 valence electrons. The fourth-order valence-corrected chi connectivity index (χ4v) is 2.51. The Morgan fingerprint density at radius 1 is 1.11 bits per heavy atom. The van der Waals surface area contributed by atoms with Crippen molar-refractivity contribution in [1.29, 1.82) is 0 Å². The molecule has 4 rings (SSSR count). The average molecular weight is 364 g/mol. The Labute approximate surface area is 152 Å². The number of nitrogens with zero attached hydrogens (tertiary/aromatic N) is 7. The van der Waals surface area contributed by atoms with Gasteiger partial charge in [-0.05, 0) is 59.8 Å². The minimum atomic E-state index is -0.465. The quantitative estimate of drug-likeness (QED) is 0.594. The monoisotopic (exact) mass is 364 g/mol. The van der Waals surface area contributed by atoms with E-state index in [4.69, 9.17) is 0 Å². The van der Waals surface area contributed by atoms with Gasteiger partial charge in [0.2, 0.25) is 5.82 Å². The van der Waals surface area contributed by atoms with E-state index in [2.05, 4.69) is 30.9 Å². The maximum absolute atomic E-state index is 13.1. The highest BCUT2D eigenvalue weighted by Crippen LogP contribution is 2.15. The van der Waals surface area contributed by atoms with Crippen molar-refractivity contribution in [3.8, 4) is 11.4 Å². The molecule has 0 saturated carbocycles. The predicted octanol–water partition coefficient (Wildman–Crippen LogP) is 1.94. The van der Waals surface area contributed by atoms with Crippen molar-refractivity contribution < 1.29 is 9.18 Å². The Balaban J connectivity index is 1.56. The number of tetrazole rings is 1. The molecule has 2 heterocycles. The minimum absolute atomic E-state index is 0.00431. The van der Waals surface area contributed by atoms with Crippen LogP contribution in [0.5, 0.6) is 0 Å². The average Bonchev–Trinajstić information content (AvgIpc) is 3.33. The molecule has 0 aliphatic rings. The maximum atomic E-state index is 13.1. The summed E-state index contributed by atoms with van der Waals surface area (Å²) < 4.78 is 16.0. The fourth-order valence-electron chi connectivity index (χ4n) is 2.51. The Morgan fingerprint density at radius 2 is 1.93 bits per heavy atom. The number of carbonyl (C=O) groups is 1. The van der Waals surface area contributed by atoms with E-state index in [9.17, 15) is 9.18 Å². The Kier molecular flexibility index (Phi) is 4.13. The van der Waals surface area contributed by atoms with E-state index in [0.717, 1.165) is 0 Å². The first-order valence-electron chi connectivity index (χ1n) is 7.94. The molecule has 10 heteroatoms. The van der Waals surface area contributed by atoms with E-state index < -0.39 is 5.91 Å². The number of hydrogen-bond donors (Lipinski definition) is 1. The van der Waals surface area contributed by atoms with Crippen molar-refractivity contribution in [2.24, 2.45) is 0 Å². The maximum Gasteiger partial charge on any atom is 0.295 e. The van der Waals surface area contributed by atoms with Crippen molar-refractivity contribution in [3.63, 3.8) is 0 Å². The van der Waals surface area contributed by atoms with Gasteiger partial charge in [-0.1, -0.05) is 6.07 Å². The van der Waals surface area contributed by atoms with Gasteiger partial charge in [-0.2, -0.15) is 0 Å². The number of hydrogen-bond acceptors (Lipinski definition) is 6. The van der Waals surface area contributed by atoms with Crippen LogP contribution < -0.4 is 5.32 Å². The predicted molar refractivity (Wildman–Crippen MR) is 93.2 cm³/mol. The normalized spacial score (nSPS) is 10.7. The van der Waals surface area contributed by atoms with Gasteiger partial charge in [0.25, 0.3) is 5.91 Å². The summed E-state index contributed by atoms with van der Waals surface area (Å²) in [5.74, 6) is -0.302. The molecule has 0 radical (unpaired) electrons. The van der Waals surface area contributed by atoms with Crippen LogP contribution in [0.2, 0.25) is 0 Å². The Bertz CT molecular complexity index is 1090. The highest BCUT2D eigenvalue weighted by molar-refractivity contribution is 6.01. The third-order valence-electron chi connectivity index (χ3n) is 3.76. The molecule has 0 aliphatic heterocycles. The Morgan fingerprint density at radius 3 is 2.67 bits per heavy atom. The number of rotatable bonds is 4. The van der Waals surface area contributed by atoms with Gasteiger partial charge in [0, 0.05) is 5.69 Å². The number of aromatic nitrogens is 7. The first-order valence-corrected chi connectivity index (χ1v) is 7.94. The number of nitrogens with one attached hydrogen (secondary N) is 1. The summed E-state index contributed by atoms with van der Waals surface area (Å²) >= 11 is 0. The number of benzene rings is 2. The number of amides is 1. The number of carbonyl (C=O) groups excluding carboxylic acids is 1. The van der Waals surface area contributed by atoms with Gasteiger partial charge in [0.15, 0.2) is 0 Å². The van der Waals surface area contributed by atoms with Crippen LogP contribution in [0.25, 0.3) is 11.4 Å². The van der Waals surface area contributed by atoms with Crippen LogP contribution in [-0.2, 0) is 0 Å². The molecular formula is C17H13FN8O. The van der Waals surface area contributed by atoms with Crippen molar-refractivity contribution in [2.75, 3.05) is 5.32 Å². The van der Waals surface area contributed by atoms with Crippen LogP contribution >= 0.6 is 0 Å². The molecular weight excluding hydrogens is 351 g/mol. The SMILES string of the molecule is Cc1nc(C(=O)Nc2cccc(-n3cnnn3)c2)nn1-c1ccc(F)cc1. The zero-order valence-corrected chi connectivity index (χ0v) is 14.1. The zero-order valence-electron chi connectivity index (χ0n) is 14.1. The molecule has 0 atom stereocenters. The van der Waals surface area contributed by atoms with E-state index in [1.54, 1.807) is 43.3 Å². The molecule has 0 unspecified atom stereocenters. The molecule has 0 aliphatic carbocycles. The molecule has 9 nitrogen and oxygen atoms in total. The summed E-state index contributed by atoms with van der Waals surface area (Å²) in [6.07, 6.45) is 1.45. The first kappa shape index (κ1) is 16.5. The highest BCUT2D eigenvalue weighted by Gasteiger charge is 2.16. The van der Waals surface area contributed by atoms with Crippen LogP contribution in [0, 0.1) is 12.7 Å². The molecule has 27 heavy (non-hydrogen) atoms. The standard InChI is InChI=1S/C17H13FN8O/c1-11-20-16(22-26(11)14-7-5-12(18)6-8-14)17(27)21-13-3-2-4-15(9-13)25-10-19-23-24-25/h2-10H,1H3,(H,21,27). The second-order valence-electron chi connectivity index (χ2n) is 5.63. The van der Waals surface area contributed by atoms with E-state index >= 15 is 0 Å². The lowest BCUT2D eigenvalue weighted by Crippen LogP contribution is -2.14. The Hall–Kier alpha value is -3.95. The van der Waals surface area contributed by atoms with E-state index in [-0.39, 0.29) is 11.6 Å². The molecule has 0 spiro atoms. The summed E-state index contributed by atoms with van der Waals surface area (Å²) in [6.45, 7) is 1.71. The van der Waals surface area contributed by atoms with E-state index in [1.165, 1.54) is 27.8 Å². The molecule has 0 bridgehead atoms. The van der Waals surface area contributed by atoms with Gasteiger partial charge in [-0.3, -0.25) is 4.79 Å². The second kappa shape index (κ2) is 6.75. The second-order valence-corrected chi connectivity index (χ2v) is 5.63. The lowest BCUT2D eigenvalue weighted by atomic mass is 10.2. The van der Waals surface area contributed by atoms with Crippen molar-refractivity contribution in [2.45, 2.75) is 6.92 Å². The van der Waals surface area contributed by atoms with E-state index in [1.807, 2.05) is 0 Å². The lowest BCUT2D eigenvalue weighted by Gasteiger charge is -2.05. The van der Waals surface area contributed by atoms with Crippen molar-refractivity contribution >= 4 is 11.6 Å². The smallest absolute Gasteiger partial charge is 0.295 e. The van der Waals surface area contributed by atoms with Gasteiger partial charge in [-0.25, -0.2) is 18.7 Å². The molecule has 2 aromatic heterocycles. The first-order chi connectivity index (χ1) is 13.1. The summed E-state index contributed by atoms with van der Waals surface area (Å²) in [6, 6.07) is 12.8. The number of anilines is 1. The van der Waals surface area contributed by atoms with Crippen LogP contribution in [0.15, 0.2) is 54.9 Å². The van der Waals surface area contributed by atoms with Crippen LogP contribution in [-0.4, -0.2) is 40.9 Å². The van der Waals surface area contributed by atoms with Crippen LogP contribution in [0.1, 0.15) is 16.4 Å². The van der Waals surface area contributed by atoms with Crippen LogP contribution in [0.4, 0.5) is 10.1 Å². The number of aryl methyl sites for hydroxylation is 1. The topological polar surface area (TPSA) is 103 Å². The van der Waals surface area contributed by atoms with Gasteiger partial charge in [0.05, 0.1) is 11.4 Å². The van der Waals surface area contributed by atoms with E-state index in [0.29, 0.717) is 22.9 Å².